The summed E-state index contributed by atoms with van der Waals surface area (Å²) in [6.45, 7) is 0. The van der Waals surface area contributed by atoms with Gasteiger partial charge in [-0.25, -0.2) is 0 Å². The molecule has 108 valence electrons. The molecule has 6 nitrogen and oxygen atoms in total. The van der Waals surface area contributed by atoms with E-state index in [0.29, 0.717) is 16.8 Å². The number of anilines is 3. The smallest absolute Gasteiger partial charge is 0.228 e. The molecule has 3 rings (SSSR count). The molecular weight excluding hydrogens is 288 g/mol. The maximum atomic E-state index is 6.02. The number of benzene rings is 1. The first-order chi connectivity index (χ1) is 10.0. The monoisotopic (exact) mass is 302 g/mol. The van der Waals surface area contributed by atoms with Gasteiger partial charge in [0.05, 0.1) is 11.6 Å². The molecule has 0 amide bonds. The zero-order valence-corrected chi connectivity index (χ0v) is 12.8. The lowest BCUT2D eigenvalue weighted by molar-refractivity contribution is 0.784. The molecule has 0 saturated heterocycles. The normalized spacial score (nSPS) is 10.9. The summed E-state index contributed by atoms with van der Waals surface area (Å²) in [5.41, 5.74) is 1.65. The van der Waals surface area contributed by atoms with Crippen molar-refractivity contribution in [3.63, 3.8) is 0 Å². The molecule has 0 fully saturated rings. The number of hydrogen-bond acceptors (Lipinski definition) is 5. The predicted octanol–water partition coefficient (Wildman–Crippen LogP) is 2.83. The molecule has 3 aromatic rings. The van der Waals surface area contributed by atoms with E-state index in [1.54, 1.807) is 10.9 Å². The molecule has 0 radical (unpaired) electrons. The van der Waals surface area contributed by atoms with Gasteiger partial charge in [-0.15, -0.1) is 0 Å². The van der Waals surface area contributed by atoms with E-state index in [2.05, 4.69) is 20.4 Å². The van der Waals surface area contributed by atoms with Crippen molar-refractivity contribution < 1.29 is 0 Å². The van der Waals surface area contributed by atoms with Crippen LogP contribution >= 0.6 is 11.6 Å². The van der Waals surface area contributed by atoms with Gasteiger partial charge in [0.25, 0.3) is 0 Å². The van der Waals surface area contributed by atoms with Gasteiger partial charge in [0.2, 0.25) is 5.95 Å². The Morgan fingerprint density at radius 2 is 2.05 bits per heavy atom. The minimum Gasteiger partial charge on any atom is -0.347 e. The van der Waals surface area contributed by atoms with Gasteiger partial charge in [-0.3, -0.25) is 4.68 Å². The van der Waals surface area contributed by atoms with Crippen LogP contribution in [0.4, 0.5) is 17.5 Å². The molecule has 0 bridgehead atoms. The van der Waals surface area contributed by atoms with E-state index in [1.165, 1.54) is 0 Å². The average Bonchev–Trinajstić information content (AvgIpc) is 2.81. The van der Waals surface area contributed by atoms with Gasteiger partial charge in [0.1, 0.15) is 5.82 Å². The SMILES string of the molecule is CN(C)c1nc(Nc2cccc(Cl)c2)c2cnn(C)c2n1. The molecule has 2 aromatic heterocycles. The largest absolute Gasteiger partial charge is 0.347 e. The van der Waals surface area contributed by atoms with Crippen molar-refractivity contribution in [3.05, 3.63) is 35.5 Å². The van der Waals surface area contributed by atoms with Crippen LogP contribution in [0.15, 0.2) is 30.5 Å². The molecule has 0 aliphatic carbocycles. The summed E-state index contributed by atoms with van der Waals surface area (Å²) in [5, 5.41) is 9.06. The van der Waals surface area contributed by atoms with Crippen LogP contribution in [0.5, 0.6) is 0 Å². The van der Waals surface area contributed by atoms with Crippen molar-refractivity contribution in [1.29, 1.82) is 0 Å². The van der Waals surface area contributed by atoms with Gasteiger partial charge in [0.15, 0.2) is 5.65 Å². The summed E-state index contributed by atoms with van der Waals surface area (Å²) >= 11 is 6.02. The third-order valence-corrected chi connectivity index (χ3v) is 3.30. The summed E-state index contributed by atoms with van der Waals surface area (Å²) in [7, 11) is 5.67. The Hall–Kier alpha value is -2.34. The number of rotatable bonds is 3. The molecular formula is C14H15ClN6. The fraction of sp³-hybridized carbons (Fsp3) is 0.214. The van der Waals surface area contributed by atoms with Gasteiger partial charge in [-0.2, -0.15) is 15.1 Å². The number of nitrogens with one attached hydrogen (secondary N) is 1. The van der Waals surface area contributed by atoms with E-state index in [1.807, 2.05) is 50.3 Å². The first-order valence-corrected chi connectivity index (χ1v) is 6.82. The second-order valence-corrected chi connectivity index (χ2v) is 5.34. The van der Waals surface area contributed by atoms with Crippen molar-refractivity contribution in [2.75, 3.05) is 24.3 Å². The summed E-state index contributed by atoms with van der Waals surface area (Å²) in [6, 6.07) is 7.50. The van der Waals surface area contributed by atoms with Gasteiger partial charge in [0, 0.05) is 31.9 Å². The van der Waals surface area contributed by atoms with Gasteiger partial charge < -0.3 is 10.2 Å². The van der Waals surface area contributed by atoms with Crippen LogP contribution in [0.25, 0.3) is 11.0 Å². The molecule has 7 heteroatoms. The Kier molecular flexibility index (Phi) is 3.39. The molecule has 2 heterocycles. The lowest BCUT2D eigenvalue weighted by Gasteiger charge is -2.13. The van der Waals surface area contributed by atoms with Crippen LogP contribution in [0.1, 0.15) is 0 Å². The maximum Gasteiger partial charge on any atom is 0.228 e. The van der Waals surface area contributed by atoms with E-state index in [0.717, 1.165) is 16.7 Å². The van der Waals surface area contributed by atoms with Gasteiger partial charge in [-0.05, 0) is 18.2 Å². The summed E-state index contributed by atoms with van der Waals surface area (Å²) in [4.78, 5) is 10.9. The van der Waals surface area contributed by atoms with Crippen molar-refractivity contribution in [2.24, 2.45) is 7.05 Å². The van der Waals surface area contributed by atoms with Crippen LogP contribution in [-0.2, 0) is 7.05 Å². The average molecular weight is 303 g/mol. The highest BCUT2D eigenvalue weighted by Gasteiger charge is 2.12. The van der Waals surface area contributed by atoms with Gasteiger partial charge >= 0.3 is 0 Å². The highest BCUT2D eigenvalue weighted by Crippen LogP contribution is 2.26. The summed E-state index contributed by atoms with van der Waals surface area (Å²) < 4.78 is 1.73. The molecule has 0 aliphatic heterocycles. The minimum absolute atomic E-state index is 0.621. The molecule has 21 heavy (non-hydrogen) atoms. The van der Waals surface area contributed by atoms with Crippen LogP contribution in [-0.4, -0.2) is 33.8 Å². The number of nitrogens with zero attached hydrogens (tertiary/aromatic N) is 5. The van der Waals surface area contributed by atoms with Crippen molar-refractivity contribution in [2.45, 2.75) is 0 Å². The van der Waals surface area contributed by atoms with E-state index in [4.69, 9.17) is 11.6 Å². The number of hydrogen-bond donors (Lipinski definition) is 1. The lowest BCUT2D eigenvalue weighted by Crippen LogP contribution is -2.14. The van der Waals surface area contributed by atoms with E-state index in [-0.39, 0.29) is 0 Å². The molecule has 1 N–H and O–H groups in total. The minimum atomic E-state index is 0.621. The Morgan fingerprint density at radius 1 is 1.24 bits per heavy atom. The zero-order chi connectivity index (χ0) is 15.0. The van der Waals surface area contributed by atoms with Gasteiger partial charge in [-0.1, -0.05) is 17.7 Å². The first-order valence-electron chi connectivity index (χ1n) is 6.44. The van der Waals surface area contributed by atoms with Crippen molar-refractivity contribution in [3.8, 4) is 0 Å². The molecule has 0 aliphatic rings. The van der Waals surface area contributed by atoms with E-state index < -0.39 is 0 Å². The zero-order valence-electron chi connectivity index (χ0n) is 12.0. The Bertz CT molecular complexity index is 795. The van der Waals surface area contributed by atoms with Crippen LogP contribution in [0.3, 0.4) is 0 Å². The fourth-order valence-electron chi connectivity index (χ4n) is 2.01. The van der Waals surface area contributed by atoms with E-state index in [9.17, 15) is 0 Å². The number of halogens is 1. The number of aromatic nitrogens is 4. The predicted molar refractivity (Wildman–Crippen MR) is 85.4 cm³/mol. The number of aryl methyl sites for hydroxylation is 1. The second-order valence-electron chi connectivity index (χ2n) is 4.91. The summed E-state index contributed by atoms with van der Waals surface area (Å²) in [5.74, 6) is 1.33. The number of fused-ring (bicyclic) bond motifs is 1. The maximum absolute atomic E-state index is 6.02. The highest BCUT2D eigenvalue weighted by molar-refractivity contribution is 6.30. The third kappa shape index (κ3) is 2.62. The standard InChI is InChI=1S/C14H15ClN6/c1-20(2)14-18-12(11-8-16-21(3)13(11)19-14)17-10-6-4-5-9(15)7-10/h4-8H,1-3H3,(H,17,18,19). The van der Waals surface area contributed by atoms with Crippen LogP contribution in [0, 0.1) is 0 Å². The topological polar surface area (TPSA) is 58.9 Å². The Labute approximate surface area is 127 Å². The highest BCUT2D eigenvalue weighted by atomic mass is 35.5. The molecule has 0 spiro atoms. The quantitative estimate of drug-likeness (QED) is 0.806. The van der Waals surface area contributed by atoms with Crippen LogP contribution in [0.2, 0.25) is 5.02 Å². The molecule has 0 unspecified atom stereocenters. The molecule has 1 aromatic carbocycles. The molecule has 0 atom stereocenters. The fourth-order valence-corrected chi connectivity index (χ4v) is 2.20. The third-order valence-electron chi connectivity index (χ3n) is 3.07. The summed E-state index contributed by atoms with van der Waals surface area (Å²) in [6.07, 6.45) is 1.75. The van der Waals surface area contributed by atoms with Crippen molar-refractivity contribution in [1.82, 2.24) is 19.7 Å². The Morgan fingerprint density at radius 3 is 2.76 bits per heavy atom. The van der Waals surface area contributed by atoms with Crippen molar-refractivity contribution >= 4 is 40.1 Å². The van der Waals surface area contributed by atoms with E-state index >= 15 is 0 Å². The van der Waals surface area contributed by atoms with Crippen LogP contribution < -0.4 is 10.2 Å². The second kappa shape index (κ2) is 5.21. The Balaban J connectivity index is 2.12. The first kappa shape index (κ1) is 13.6. The molecule has 0 saturated carbocycles. The lowest BCUT2D eigenvalue weighted by atomic mass is 10.3.